The van der Waals surface area contributed by atoms with Crippen molar-refractivity contribution in [2.24, 2.45) is 0 Å². The first kappa shape index (κ1) is 17.0. The lowest BCUT2D eigenvalue weighted by atomic mass is 10.0. The monoisotopic (exact) mass is 331 g/mol. The highest BCUT2D eigenvalue weighted by molar-refractivity contribution is 5.68. The van der Waals surface area contributed by atoms with Gasteiger partial charge in [-0.15, -0.1) is 0 Å². The first-order valence-corrected chi connectivity index (χ1v) is 8.37. The molecule has 0 bridgehead atoms. The Labute approximate surface area is 142 Å². The molecule has 6 nitrogen and oxygen atoms in total. The zero-order valence-corrected chi connectivity index (χ0v) is 14.4. The van der Waals surface area contributed by atoms with Gasteiger partial charge in [0.2, 0.25) is 5.88 Å². The van der Waals surface area contributed by atoms with Gasteiger partial charge in [0.15, 0.2) is 0 Å². The zero-order valence-electron chi connectivity index (χ0n) is 14.4. The molecule has 3 rings (SSSR count). The Morgan fingerprint density at radius 3 is 2.88 bits per heavy atom. The normalized spacial score (nSPS) is 15.0. The SMILES string of the molecule is COCCNCc1c(-c2cccc(C)c2)noc1N1CCOCC1. The van der Waals surface area contributed by atoms with Gasteiger partial charge in [0.25, 0.3) is 0 Å². The predicted molar refractivity (Wildman–Crippen MR) is 93.3 cm³/mol. The number of methoxy groups -OCH3 is 1. The highest BCUT2D eigenvalue weighted by Crippen LogP contribution is 2.32. The van der Waals surface area contributed by atoms with E-state index in [0.29, 0.717) is 13.2 Å². The van der Waals surface area contributed by atoms with Gasteiger partial charge in [-0.25, -0.2) is 0 Å². The number of aryl methyl sites for hydroxylation is 1. The van der Waals surface area contributed by atoms with Crippen LogP contribution in [0.15, 0.2) is 28.8 Å². The van der Waals surface area contributed by atoms with Crippen LogP contribution in [0.25, 0.3) is 11.3 Å². The van der Waals surface area contributed by atoms with Gasteiger partial charge >= 0.3 is 0 Å². The van der Waals surface area contributed by atoms with E-state index in [2.05, 4.69) is 46.6 Å². The van der Waals surface area contributed by atoms with Gasteiger partial charge < -0.3 is 24.2 Å². The fourth-order valence-corrected chi connectivity index (χ4v) is 2.88. The summed E-state index contributed by atoms with van der Waals surface area (Å²) in [6, 6.07) is 8.35. The van der Waals surface area contributed by atoms with E-state index >= 15 is 0 Å². The average molecular weight is 331 g/mol. The van der Waals surface area contributed by atoms with Crippen molar-refractivity contribution in [3.05, 3.63) is 35.4 Å². The topological polar surface area (TPSA) is 59.8 Å². The summed E-state index contributed by atoms with van der Waals surface area (Å²) in [7, 11) is 1.71. The molecule has 0 atom stereocenters. The Hall–Kier alpha value is -1.89. The second-order valence-electron chi connectivity index (χ2n) is 5.95. The molecule has 1 aliphatic heterocycles. The fraction of sp³-hybridized carbons (Fsp3) is 0.500. The molecular weight excluding hydrogens is 306 g/mol. The van der Waals surface area contributed by atoms with Crippen LogP contribution in [0.5, 0.6) is 0 Å². The second-order valence-corrected chi connectivity index (χ2v) is 5.95. The molecule has 2 heterocycles. The Balaban J connectivity index is 1.88. The molecule has 2 aromatic rings. The van der Waals surface area contributed by atoms with Crippen LogP contribution in [-0.4, -0.2) is 51.7 Å². The van der Waals surface area contributed by atoms with Crippen LogP contribution >= 0.6 is 0 Å². The van der Waals surface area contributed by atoms with Crippen LogP contribution in [0.3, 0.4) is 0 Å². The number of nitrogens with one attached hydrogen (secondary N) is 1. The Bertz CT molecular complexity index is 651. The summed E-state index contributed by atoms with van der Waals surface area (Å²) in [4.78, 5) is 2.21. The van der Waals surface area contributed by atoms with Crippen LogP contribution < -0.4 is 10.2 Å². The van der Waals surface area contributed by atoms with E-state index in [0.717, 1.165) is 55.6 Å². The maximum atomic E-state index is 5.74. The molecule has 0 aliphatic carbocycles. The van der Waals surface area contributed by atoms with Crippen molar-refractivity contribution >= 4 is 5.88 Å². The Morgan fingerprint density at radius 1 is 1.29 bits per heavy atom. The number of hydrogen-bond donors (Lipinski definition) is 1. The number of hydrogen-bond acceptors (Lipinski definition) is 6. The van der Waals surface area contributed by atoms with Crippen LogP contribution in [-0.2, 0) is 16.0 Å². The molecule has 1 aromatic carbocycles. The number of rotatable bonds is 7. The quantitative estimate of drug-likeness (QED) is 0.785. The third-order valence-corrected chi connectivity index (χ3v) is 4.14. The van der Waals surface area contributed by atoms with Gasteiger partial charge in [0.1, 0.15) is 5.69 Å². The van der Waals surface area contributed by atoms with Crippen LogP contribution in [0.4, 0.5) is 5.88 Å². The summed E-state index contributed by atoms with van der Waals surface area (Å²) in [6.07, 6.45) is 0. The molecule has 1 aliphatic rings. The van der Waals surface area contributed by atoms with E-state index in [1.54, 1.807) is 7.11 Å². The third kappa shape index (κ3) is 3.95. The number of morpholine rings is 1. The van der Waals surface area contributed by atoms with Crippen LogP contribution in [0.2, 0.25) is 0 Å². The number of nitrogens with zero attached hydrogens (tertiary/aromatic N) is 2. The molecule has 1 saturated heterocycles. The molecule has 0 radical (unpaired) electrons. The van der Waals surface area contributed by atoms with Crippen molar-refractivity contribution in [1.29, 1.82) is 0 Å². The van der Waals surface area contributed by atoms with Crippen molar-refractivity contribution < 1.29 is 14.0 Å². The first-order chi connectivity index (χ1) is 11.8. The zero-order chi connectivity index (χ0) is 16.8. The lowest BCUT2D eigenvalue weighted by molar-refractivity contribution is 0.120. The van der Waals surface area contributed by atoms with Gasteiger partial charge in [0.05, 0.1) is 25.4 Å². The highest BCUT2D eigenvalue weighted by Gasteiger charge is 2.23. The summed E-state index contributed by atoms with van der Waals surface area (Å²) < 4.78 is 16.3. The number of anilines is 1. The average Bonchev–Trinajstić information content (AvgIpc) is 3.03. The van der Waals surface area contributed by atoms with Gasteiger partial charge in [-0.2, -0.15) is 0 Å². The van der Waals surface area contributed by atoms with Crippen molar-refractivity contribution in [3.63, 3.8) is 0 Å². The molecular formula is C18H25N3O3. The molecule has 0 amide bonds. The summed E-state index contributed by atoms with van der Waals surface area (Å²) in [5, 5.41) is 7.78. The summed E-state index contributed by atoms with van der Waals surface area (Å²) >= 11 is 0. The maximum Gasteiger partial charge on any atom is 0.232 e. The predicted octanol–water partition coefficient (Wildman–Crippen LogP) is 2.22. The summed E-state index contributed by atoms with van der Waals surface area (Å²) in [5.74, 6) is 0.847. The lowest BCUT2D eigenvalue weighted by Crippen LogP contribution is -2.36. The minimum Gasteiger partial charge on any atom is -0.383 e. The number of aromatic nitrogens is 1. The van der Waals surface area contributed by atoms with Crippen molar-refractivity contribution in [3.8, 4) is 11.3 Å². The van der Waals surface area contributed by atoms with Gasteiger partial charge in [0, 0.05) is 38.9 Å². The van der Waals surface area contributed by atoms with E-state index in [9.17, 15) is 0 Å². The Morgan fingerprint density at radius 2 is 2.12 bits per heavy atom. The largest absolute Gasteiger partial charge is 0.383 e. The smallest absolute Gasteiger partial charge is 0.232 e. The fourth-order valence-electron chi connectivity index (χ4n) is 2.88. The van der Waals surface area contributed by atoms with E-state index in [-0.39, 0.29) is 0 Å². The summed E-state index contributed by atoms with van der Waals surface area (Å²) in [5.41, 5.74) is 4.30. The minimum absolute atomic E-state index is 0.679. The standard InChI is InChI=1S/C18H25N3O3/c1-14-4-3-5-15(12-14)17-16(13-19-6-9-22-2)18(24-20-17)21-7-10-23-11-8-21/h3-5,12,19H,6-11,13H2,1-2H3. The molecule has 24 heavy (non-hydrogen) atoms. The van der Waals surface area contributed by atoms with E-state index in [1.807, 2.05) is 0 Å². The van der Waals surface area contributed by atoms with E-state index < -0.39 is 0 Å². The third-order valence-electron chi connectivity index (χ3n) is 4.14. The molecule has 0 saturated carbocycles. The van der Waals surface area contributed by atoms with Crippen molar-refractivity contribution in [2.45, 2.75) is 13.5 Å². The maximum absolute atomic E-state index is 5.74. The minimum atomic E-state index is 0.679. The van der Waals surface area contributed by atoms with E-state index in [4.69, 9.17) is 14.0 Å². The lowest BCUT2D eigenvalue weighted by Gasteiger charge is -2.26. The molecule has 130 valence electrons. The molecule has 6 heteroatoms. The van der Waals surface area contributed by atoms with E-state index in [1.165, 1.54) is 5.56 Å². The van der Waals surface area contributed by atoms with Crippen LogP contribution in [0.1, 0.15) is 11.1 Å². The summed E-state index contributed by atoms with van der Waals surface area (Å²) in [6.45, 7) is 7.34. The molecule has 1 aromatic heterocycles. The van der Waals surface area contributed by atoms with Gasteiger partial charge in [-0.05, 0) is 13.0 Å². The molecule has 0 unspecified atom stereocenters. The van der Waals surface area contributed by atoms with Gasteiger partial charge in [-0.3, -0.25) is 0 Å². The second kappa shape index (κ2) is 8.28. The van der Waals surface area contributed by atoms with Crippen molar-refractivity contribution in [1.82, 2.24) is 10.5 Å². The van der Waals surface area contributed by atoms with Gasteiger partial charge in [-0.1, -0.05) is 28.9 Å². The highest BCUT2D eigenvalue weighted by atomic mass is 16.5. The number of benzene rings is 1. The number of ether oxygens (including phenoxy) is 2. The molecule has 1 N–H and O–H groups in total. The first-order valence-electron chi connectivity index (χ1n) is 8.37. The van der Waals surface area contributed by atoms with Crippen molar-refractivity contribution in [2.75, 3.05) is 51.5 Å². The van der Waals surface area contributed by atoms with Crippen LogP contribution in [0, 0.1) is 6.92 Å². The molecule has 0 spiro atoms. The molecule has 1 fully saturated rings. The Kier molecular flexibility index (Phi) is 5.85.